The molecule has 0 bridgehead atoms. The van der Waals surface area contributed by atoms with E-state index in [1.165, 1.54) is 11.3 Å². The van der Waals surface area contributed by atoms with Crippen LogP contribution in [-0.4, -0.2) is 24.0 Å². The van der Waals surface area contributed by atoms with Gasteiger partial charge in [-0.3, -0.25) is 5.32 Å². The number of carbonyl (C=O) groups excluding carboxylic acids is 1. The van der Waals surface area contributed by atoms with Crippen LogP contribution in [-0.2, 0) is 4.74 Å². The van der Waals surface area contributed by atoms with E-state index in [1.807, 2.05) is 18.4 Å². The molecule has 0 aliphatic carbocycles. The zero-order chi connectivity index (χ0) is 20.4. The first-order valence-electron chi connectivity index (χ1n) is 9.12. The highest BCUT2D eigenvalue weighted by Crippen LogP contribution is 2.34. The average Bonchev–Trinajstić information content (AvgIpc) is 3.39. The summed E-state index contributed by atoms with van der Waals surface area (Å²) >= 11 is 1.37. The maximum atomic E-state index is 12.2. The zero-order valence-corrected chi connectivity index (χ0v) is 17.1. The molecular formula is C20H22N4O4S. The quantitative estimate of drug-likeness (QED) is 0.688. The van der Waals surface area contributed by atoms with Crippen LogP contribution in [0.1, 0.15) is 25.6 Å². The number of hydrogen-bond donors (Lipinski definition) is 3. The summed E-state index contributed by atoms with van der Waals surface area (Å²) in [6.45, 7) is 6.49. The fourth-order valence-corrected chi connectivity index (χ4v) is 3.41. The second kappa shape index (κ2) is 7.67. The van der Waals surface area contributed by atoms with Gasteiger partial charge >= 0.3 is 6.03 Å². The highest BCUT2D eigenvalue weighted by atomic mass is 32.1. The van der Waals surface area contributed by atoms with Crippen LogP contribution in [0.3, 0.4) is 0 Å². The minimum Gasteiger partial charge on any atom is -0.469 e. The number of aromatic nitrogens is 1. The van der Waals surface area contributed by atoms with Gasteiger partial charge in [-0.25, -0.2) is 9.78 Å². The number of urea groups is 1. The zero-order valence-electron chi connectivity index (χ0n) is 16.3. The highest BCUT2D eigenvalue weighted by Gasteiger charge is 2.25. The molecule has 1 aromatic heterocycles. The van der Waals surface area contributed by atoms with Crippen LogP contribution in [0.4, 0.5) is 15.6 Å². The van der Waals surface area contributed by atoms with Crippen molar-refractivity contribution >= 4 is 34.3 Å². The Kier molecular flexibility index (Phi) is 5.06. The smallest absolute Gasteiger partial charge is 0.325 e. The minimum atomic E-state index is -0.381. The number of anilines is 2. The first-order chi connectivity index (χ1) is 13.9. The van der Waals surface area contributed by atoms with Gasteiger partial charge in [-0.15, -0.1) is 0 Å². The Morgan fingerprint density at radius 2 is 2.10 bits per heavy atom. The lowest BCUT2D eigenvalue weighted by Gasteiger charge is -2.20. The van der Waals surface area contributed by atoms with Crippen LogP contribution in [0.15, 0.2) is 42.4 Å². The van der Waals surface area contributed by atoms with Crippen molar-refractivity contribution in [1.82, 2.24) is 10.3 Å². The monoisotopic (exact) mass is 414 g/mol. The van der Waals surface area contributed by atoms with Gasteiger partial charge in [0.05, 0.1) is 0 Å². The van der Waals surface area contributed by atoms with Gasteiger partial charge in [-0.2, -0.15) is 0 Å². The van der Waals surface area contributed by atoms with Crippen molar-refractivity contribution in [3.8, 4) is 11.5 Å². The van der Waals surface area contributed by atoms with Crippen molar-refractivity contribution in [2.45, 2.75) is 27.0 Å². The van der Waals surface area contributed by atoms with Gasteiger partial charge in [0, 0.05) is 34.4 Å². The van der Waals surface area contributed by atoms with E-state index in [0.717, 1.165) is 10.6 Å². The SMILES string of the molecule is CC(C)(C)C1=CNC(/C=C/c2cnc(NC(=O)Nc3ccc4c(c3)OCO4)s2)O1. The summed E-state index contributed by atoms with van der Waals surface area (Å²) in [5, 5.41) is 9.16. The number of benzene rings is 1. The van der Waals surface area contributed by atoms with Gasteiger partial charge < -0.3 is 24.8 Å². The molecule has 3 N–H and O–H groups in total. The van der Waals surface area contributed by atoms with Gasteiger partial charge in [0.2, 0.25) is 6.79 Å². The Morgan fingerprint density at radius 3 is 2.90 bits per heavy atom. The van der Waals surface area contributed by atoms with Gasteiger partial charge in [0.15, 0.2) is 22.9 Å². The predicted octanol–water partition coefficient (Wildman–Crippen LogP) is 4.36. The number of thiazole rings is 1. The van der Waals surface area contributed by atoms with E-state index in [-0.39, 0.29) is 24.5 Å². The third-order valence-electron chi connectivity index (χ3n) is 4.18. The number of ether oxygens (including phenoxy) is 3. The topological polar surface area (TPSA) is 93.7 Å². The number of fused-ring (bicyclic) bond motifs is 1. The highest BCUT2D eigenvalue weighted by molar-refractivity contribution is 7.16. The normalized spacial score (nSPS) is 17.6. The molecule has 4 rings (SSSR count). The lowest BCUT2D eigenvalue weighted by atomic mass is 9.95. The van der Waals surface area contributed by atoms with Crippen molar-refractivity contribution in [3.63, 3.8) is 0 Å². The first kappa shape index (κ1) is 19.1. The molecule has 1 unspecified atom stereocenters. The minimum absolute atomic E-state index is 0.0392. The second-order valence-corrected chi connectivity index (χ2v) is 8.60. The summed E-state index contributed by atoms with van der Waals surface area (Å²) in [5.41, 5.74) is 0.567. The molecule has 1 atom stereocenters. The van der Waals surface area contributed by atoms with E-state index in [9.17, 15) is 4.79 Å². The van der Waals surface area contributed by atoms with Crippen LogP contribution in [0.5, 0.6) is 11.5 Å². The van der Waals surface area contributed by atoms with Crippen molar-refractivity contribution in [3.05, 3.63) is 47.3 Å². The molecule has 3 heterocycles. The fraction of sp³-hybridized carbons (Fsp3) is 0.300. The summed E-state index contributed by atoms with van der Waals surface area (Å²) in [6.07, 6.45) is 7.21. The number of carbonyl (C=O) groups is 1. The van der Waals surface area contributed by atoms with Gasteiger partial charge in [0.1, 0.15) is 5.76 Å². The van der Waals surface area contributed by atoms with E-state index in [1.54, 1.807) is 24.4 Å². The average molecular weight is 414 g/mol. The first-order valence-corrected chi connectivity index (χ1v) is 9.93. The maximum Gasteiger partial charge on any atom is 0.325 e. The van der Waals surface area contributed by atoms with E-state index in [4.69, 9.17) is 14.2 Å². The molecule has 0 spiro atoms. The van der Waals surface area contributed by atoms with Gasteiger partial charge in [0.25, 0.3) is 0 Å². The summed E-state index contributed by atoms with van der Waals surface area (Å²) in [4.78, 5) is 17.3. The largest absolute Gasteiger partial charge is 0.469 e. The Labute approximate surface area is 172 Å². The molecule has 2 aliphatic heterocycles. The Hall–Kier alpha value is -3.20. The summed E-state index contributed by atoms with van der Waals surface area (Å²) in [7, 11) is 0. The van der Waals surface area contributed by atoms with Crippen molar-refractivity contribution < 1.29 is 19.0 Å². The van der Waals surface area contributed by atoms with Gasteiger partial charge in [-0.05, 0) is 24.3 Å². The molecule has 0 saturated carbocycles. The van der Waals surface area contributed by atoms with Crippen LogP contribution in [0.25, 0.3) is 6.08 Å². The number of hydrogen-bond acceptors (Lipinski definition) is 7. The molecule has 1 aromatic carbocycles. The molecule has 2 amide bonds. The lowest BCUT2D eigenvalue weighted by molar-refractivity contribution is 0.124. The third-order valence-corrected chi connectivity index (χ3v) is 5.06. The van der Waals surface area contributed by atoms with Crippen molar-refractivity contribution in [1.29, 1.82) is 0 Å². The lowest BCUT2D eigenvalue weighted by Crippen LogP contribution is -2.19. The maximum absolute atomic E-state index is 12.2. The molecule has 29 heavy (non-hydrogen) atoms. The van der Waals surface area contributed by atoms with Crippen molar-refractivity contribution in [2.75, 3.05) is 17.4 Å². The molecular weight excluding hydrogens is 392 g/mol. The summed E-state index contributed by atoms with van der Waals surface area (Å²) < 4.78 is 16.4. The van der Waals surface area contributed by atoms with Crippen molar-refractivity contribution in [2.24, 2.45) is 5.41 Å². The van der Waals surface area contributed by atoms with Gasteiger partial charge in [-0.1, -0.05) is 32.1 Å². The number of rotatable bonds is 4. The molecule has 9 heteroatoms. The van der Waals surface area contributed by atoms with E-state index in [0.29, 0.717) is 22.3 Å². The van der Waals surface area contributed by atoms with Crippen LogP contribution in [0, 0.1) is 5.41 Å². The number of amides is 2. The number of nitrogens with one attached hydrogen (secondary N) is 3. The van der Waals surface area contributed by atoms with Crippen LogP contribution >= 0.6 is 11.3 Å². The second-order valence-electron chi connectivity index (χ2n) is 7.54. The third kappa shape index (κ3) is 4.62. The Balaban J connectivity index is 1.30. The van der Waals surface area contributed by atoms with Crippen LogP contribution < -0.4 is 25.4 Å². The predicted molar refractivity (Wildman–Crippen MR) is 112 cm³/mol. The molecule has 0 saturated heterocycles. The Bertz CT molecular complexity index is 977. The number of allylic oxidation sites excluding steroid dienone is 1. The molecule has 8 nitrogen and oxygen atoms in total. The molecule has 0 radical (unpaired) electrons. The molecule has 152 valence electrons. The molecule has 2 aromatic rings. The standard InChI is InChI=1S/C20H22N4O4S/c1-20(2,3)16-10-21-17(28-16)7-5-13-9-22-19(29-13)24-18(25)23-12-4-6-14-15(8-12)27-11-26-14/h4-10,17,21H,11H2,1-3H3,(H2,22,23,24,25)/b7-5+. The van der Waals surface area contributed by atoms with Crippen LogP contribution in [0.2, 0.25) is 0 Å². The number of nitrogens with zero attached hydrogens (tertiary/aromatic N) is 1. The Morgan fingerprint density at radius 1 is 1.28 bits per heavy atom. The molecule has 0 fully saturated rings. The van der Waals surface area contributed by atoms with E-state index in [2.05, 4.69) is 41.7 Å². The fourth-order valence-electron chi connectivity index (χ4n) is 2.69. The summed E-state index contributed by atoms with van der Waals surface area (Å²) in [5.74, 6) is 2.19. The van der Waals surface area contributed by atoms with E-state index >= 15 is 0 Å². The van der Waals surface area contributed by atoms with E-state index < -0.39 is 0 Å². The summed E-state index contributed by atoms with van der Waals surface area (Å²) in [6, 6.07) is 4.83. The molecule has 2 aliphatic rings.